The van der Waals surface area contributed by atoms with Gasteiger partial charge in [-0.3, -0.25) is 9.55 Å². The van der Waals surface area contributed by atoms with Gasteiger partial charge >= 0.3 is 11.9 Å². The van der Waals surface area contributed by atoms with Gasteiger partial charge in [-0.15, -0.1) is 0 Å². The van der Waals surface area contributed by atoms with Crippen LogP contribution in [0, 0.1) is 0 Å². The maximum Gasteiger partial charge on any atom is 0.416 e. The topological polar surface area (TPSA) is 59.9 Å². The Labute approximate surface area is 146 Å². The molecule has 1 aliphatic rings. The number of alkyl halides is 3. The number of halogens is 3. The number of pyridine rings is 1. The number of imidazole rings is 1. The van der Waals surface area contributed by atoms with Crippen molar-refractivity contribution >= 4 is 11.2 Å². The summed E-state index contributed by atoms with van der Waals surface area (Å²) < 4.78 is 46.0. The van der Waals surface area contributed by atoms with Gasteiger partial charge in [0.2, 0.25) is 0 Å². The van der Waals surface area contributed by atoms with Gasteiger partial charge in [0, 0.05) is 18.4 Å². The number of H-pyrrole nitrogens is 1. The van der Waals surface area contributed by atoms with Gasteiger partial charge in [0.05, 0.1) is 23.7 Å². The third-order valence-electron chi connectivity index (χ3n) is 4.56. The van der Waals surface area contributed by atoms with E-state index >= 15 is 0 Å². The molecule has 0 amide bonds. The summed E-state index contributed by atoms with van der Waals surface area (Å²) in [5.41, 5.74) is 0.851. The summed E-state index contributed by atoms with van der Waals surface area (Å²) in [7, 11) is 0. The van der Waals surface area contributed by atoms with Crippen LogP contribution < -0.4 is 5.69 Å². The first-order chi connectivity index (χ1) is 12.4. The van der Waals surface area contributed by atoms with Crippen molar-refractivity contribution in [3.8, 4) is 11.1 Å². The number of fused-ring (bicyclic) bond motifs is 1. The van der Waals surface area contributed by atoms with E-state index in [0.29, 0.717) is 35.4 Å². The fourth-order valence-corrected chi connectivity index (χ4v) is 3.24. The van der Waals surface area contributed by atoms with Gasteiger partial charge in [0.25, 0.3) is 0 Å². The molecular weight excluding hydrogens is 347 g/mol. The van der Waals surface area contributed by atoms with Crippen LogP contribution in [-0.4, -0.2) is 27.2 Å². The highest BCUT2D eigenvalue weighted by Gasteiger charge is 2.30. The van der Waals surface area contributed by atoms with Gasteiger partial charge < -0.3 is 4.74 Å². The second kappa shape index (κ2) is 6.28. The molecule has 1 aromatic carbocycles. The Kier molecular flexibility index (Phi) is 4.07. The van der Waals surface area contributed by atoms with Crippen LogP contribution in [0.15, 0.2) is 41.3 Å². The molecule has 3 aromatic rings. The molecule has 136 valence electrons. The maximum absolute atomic E-state index is 13.0. The van der Waals surface area contributed by atoms with Crippen molar-refractivity contribution in [3.63, 3.8) is 0 Å². The molecule has 3 heterocycles. The van der Waals surface area contributed by atoms with Gasteiger partial charge in [-0.05, 0) is 36.6 Å². The van der Waals surface area contributed by atoms with Crippen molar-refractivity contribution in [1.29, 1.82) is 0 Å². The van der Waals surface area contributed by atoms with E-state index < -0.39 is 11.7 Å². The largest absolute Gasteiger partial charge is 0.416 e. The van der Waals surface area contributed by atoms with Crippen LogP contribution in [0.5, 0.6) is 0 Å². The van der Waals surface area contributed by atoms with Crippen LogP contribution in [-0.2, 0) is 17.5 Å². The van der Waals surface area contributed by atoms with Crippen molar-refractivity contribution in [2.75, 3.05) is 6.61 Å². The second-order valence-electron chi connectivity index (χ2n) is 6.35. The minimum Gasteiger partial charge on any atom is -0.376 e. The number of benzene rings is 1. The minimum absolute atomic E-state index is 0.0380. The lowest BCUT2D eigenvalue weighted by Crippen LogP contribution is -2.24. The third kappa shape index (κ3) is 3.12. The molecule has 1 atom stereocenters. The Balaban J connectivity index is 1.76. The van der Waals surface area contributed by atoms with E-state index in [2.05, 4.69) is 9.97 Å². The van der Waals surface area contributed by atoms with Crippen LogP contribution in [0.1, 0.15) is 18.4 Å². The van der Waals surface area contributed by atoms with E-state index in [1.54, 1.807) is 12.1 Å². The average molecular weight is 363 g/mol. The summed E-state index contributed by atoms with van der Waals surface area (Å²) in [4.78, 5) is 19.1. The number of hydrogen-bond acceptors (Lipinski definition) is 3. The molecule has 1 aliphatic heterocycles. The van der Waals surface area contributed by atoms with E-state index in [-0.39, 0.29) is 11.8 Å². The first-order valence-corrected chi connectivity index (χ1v) is 8.29. The molecule has 26 heavy (non-hydrogen) atoms. The molecule has 2 aromatic heterocycles. The minimum atomic E-state index is -4.41. The predicted octanol–water partition coefficient (Wildman–Crippen LogP) is 3.59. The van der Waals surface area contributed by atoms with Crippen LogP contribution in [0.4, 0.5) is 13.2 Å². The van der Waals surface area contributed by atoms with E-state index in [1.165, 1.54) is 16.8 Å². The lowest BCUT2D eigenvalue weighted by atomic mass is 10.0. The lowest BCUT2D eigenvalue weighted by Gasteiger charge is -2.11. The Hall–Kier alpha value is -2.61. The van der Waals surface area contributed by atoms with Crippen LogP contribution >= 0.6 is 0 Å². The second-order valence-corrected chi connectivity index (χ2v) is 6.35. The Bertz CT molecular complexity index is 1000. The standard InChI is InChI=1S/C18H16F3N3O2/c19-18(20,21)13-4-1-3-11(7-13)12-8-15-16(22-9-12)23-17(25)24(15)10-14-5-2-6-26-14/h1,3-4,7-9,14H,2,5-6,10H2,(H,22,23,25). The van der Waals surface area contributed by atoms with Crippen LogP contribution in [0.25, 0.3) is 22.3 Å². The number of nitrogens with one attached hydrogen (secondary N) is 1. The smallest absolute Gasteiger partial charge is 0.376 e. The molecular formula is C18H16F3N3O2. The summed E-state index contributed by atoms with van der Waals surface area (Å²) in [5, 5.41) is 0. The summed E-state index contributed by atoms with van der Waals surface area (Å²) >= 11 is 0. The van der Waals surface area contributed by atoms with E-state index in [9.17, 15) is 18.0 Å². The molecule has 0 aliphatic carbocycles. The third-order valence-corrected chi connectivity index (χ3v) is 4.56. The van der Waals surface area contributed by atoms with Crippen molar-refractivity contribution in [3.05, 3.63) is 52.6 Å². The lowest BCUT2D eigenvalue weighted by molar-refractivity contribution is -0.137. The fraction of sp³-hybridized carbons (Fsp3) is 0.333. The number of aromatic nitrogens is 3. The SMILES string of the molecule is O=c1[nH]c2ncc(-c3cccc(C(F)(F)F)c3)cc2n1CC1CCCO1. The van der Waals surface area contributed by atoms with E-state index in [0.717, 1.165) is 25.0 Å². The van der Waals surface area contributed by atoms with Gasteiger partial charge in [0.1, 0.15) is 0 Å². The number of rotatable bonds is 3. The normalized spacial score (nSPS) is 17.9. The molecule has 1 fully saturated rings. The highest BCUT2D eigenvalue weighted by Crippen LogP contribution is 2.32. The fourth-order valence-electron chi connectivity index (χ4n) is 3.24. The maximum atomic E-state index is 13.0. The summed E-state index contributed by atoms with van der Waals surface area (Å²) in [5.74, 6) is 0. The van der Waals surface area contributed by atoms with Crippen LogP contribution in [0.2, 0.25) is 0 Å². The van der Waals surface area contributed by atoms with Crippen molar-refractivity contribution in [2.24, 2.45) is 0 Å². The first-order valence-electron chi connectivity index (χ1n) is 8.29. The van der Waals surface area contributed by atoms with E-state index in [1.807, 2.05) is 0 Å². The summed E-state index contributed by atoms with van der Waals surface area (Å²) in [6, 6.07) is 6.74. The van der Waals surface area contributed by atoms with Gasteiger partial charge in [-0.2, -0.15) is 13.2 Å². The predicted molar refractivity (Wildman–Crippen MR) is 89.8 cm³/mol. The quantitative estimate of drug-likeness (QED) is 0.774. The molecule has 1 saturated heterocycles. The van der Waals surface area contributed by atoms with Crippen molar-refractivity contribution in [2.45, 2.75) is 31.7 Å². The molecule has 0 spiro atoms. The zero-order chi connectivity index (χ0) is 18.3. The summed E-state index contributed by atoms with van der Waals surface area (Å²) in [6.45, 7) is 1.07. The van der Waals surface area contributed by atoms with Gasteiger partial charge in [0.15, 0.2) is 5.65 Å². The van der Waals surface area contributed by atoms with Crippen molar-refractivity contribution < 1.29 is 17.9 Å². The van der Waals surface area contributed by atoms with E-state index in [4.69, 9.17) is 4.74 Å². The highest BCUT2D eigenvalue weighted by molar-refractivity contribution is 5.78. The number of hydrogen-bond donors (Lipinski definition) is 1. The molecule has 4 rings (SSSR count). The molecule has 0 saturated carbocycles. The molecule has 1 unspecified atom stereocenters. The molecule has 0 bridgehead atoms. The van der Waals surface area contributed by atoms with Gasteiger partial charge in [-0.1, -0.05) is 12.1 Å². The Morgan fingerprint density at radius 2 is 2.12 bits per heavy atom. The zero-order valence-corrected chi connectivity index (χ0v) is 13.7. The molecule has 1 N–H and O–H groups in total. The number of nitrogens with zero attached hydrogens (tertiary/aromatic N) is 2. The average Bonchev–Trinajstić information content (AvgIpc) is 3.23. The highest BCUT2D eigenvalue weighted by atomic mass is 19.4. The first kappa shape index (κ1) is 16.8. The summed E-state index contributed by atoms with van der Waals surface area (Å²) in [6.07, 6.45) is -1.16. The Morgan fingerprint density at radius 1 is 1.27 bits per heavy atom. The number of ether oxygens (including phenoxy) is 1. The zero-order valence-electron chi connectivity index (χ0n) is 13.7. The monoisotopic (exact) mass is 363 g/mol. The molecule has 8 heteroatoms. The Morgan fingerprint density at radius 3 is 2.85 bits per heavy atom. The van der Waals surface area contributed by atoms with Crippen LogP contribution in [0.3, 0.4) is 0 Å². The molecule has 0 radical (unpaired) electrons. The number of aromatic amines is 1. The molecule has 5 nitrogen and oxygen atoms in total. The van der Waals surface area contributed by atoms with Gasteiger partial charge in [-0.25, -0.2) is 9.78 Å². The van der Waals surface area contributed by atoms with Crippen molar-refractivity contribution in [1.82, 2.24) is 14.5 Å².